The van der Waals surface area contributed by atoms with E-state index in [0.717, 1.165) is 25.8 Å². The number of carbonyl (C=O) groups excluding carboxylic acids is 1. The Hall–Kier alpha value is -1.44. The van der Waals surface area contributed by atoms with E-state index in [0.29, 0.717) is 18.7 Å². The summed E-state index contributed by atoms with van der Waals surface area (Å²) in [6, 6.07) is 6.89. The van der Waals surface area contributed by atoms with Crippen LogP contribution in [0.3, 0.4) is 0 Å². The Kier molecular flexibility index (Phi) is 6.82. The van der Waals surface area contributed by atoms with Gasteiger partial charge in [0.2, 0.25) is 0 Å². The van der Waals surface area contributed by atoms with Crippen LogP contribution in [-0.4, -0.2) is 87.6 Å². The van der Waals surface area contributed by atoms with Gasteiger partial charge >= 0.3 is 0 Å². The molecule has 1 heterocycles. The Balaban J connectivity index is 2.06. The minimum Gasteiger partial charge on any atom is -0.336 e. The minimum atomic E-state index is -3.32. The van der Waals surface area contributed by atoms with Crippen LogP contribution >= 0.6 is 0 Å². The minimum absolute atomic E-state index is 0.0952. The molecule has 0 N–H and O–H groups in total. The number of rotatable bonds is 6. The van der Waals surface area contributed by atoms with Gasteiger partial charge in [0.05, 0.1) is 4.90 Å². The Morgan fingerprint density at radius 2 is 1.81 bits per heavy atom. The van der Waals surface area contributed by atoms with Crippen molar-refractivity contribution in [2.75, 3.05) is 46.5 Å². The van der Waals surface area contributed by atoms with Gasteiger partial charge in [-0.3, -0.25) is 9.69 Å². The quantitative estimate of drug-likeness (QED) is 0.749. The van der Waals surface area contributed by atoms with Crippen molar-refractivity contribution in [3.8, 4) is 0 Å². The number of sulfone groups is 1. The predicted octanol–water partition coefficient (Wildman–Crippen LogP) is 1.58. The van der Waals surface area contributed by atoms with E-state index < -0.39 is 9.84 Å². The normalized spacial score (nSPS) is 22.0. The van der Waals surface area contributed by atoms with E-state index in [-0.39, 0.29) is 22.9 Å². The fourth-order valence-electron chi connectivity index (χ4n) is 3.58. The predicted molar refractivity (Wildman–Crippen MR) is 104 cm³/mol. The van der Waals surface area contributed by atoms with Crippen molar-refractivity contribution >= 4 is 15.7 Å². The summed E-state index contributed by atoms with van der Waals surface area (Å²) in [6.45, 7) is 7.70. The van der Waals surface area contributed by atoms with Crippen LogP contribution in [0.2, 0.25) is 0 Å². The monoisotopic (exact) mass is 381 g/mol. The van der Waals surface area contributed by atoms with E-state index in [4.69, 9.17) is 0 Å². The lowest BCUT2D eigenvalue weighted by molar-refractivity contribution is 0.0295. The second kappa shape index (κ2) is 8.50. The van der Waals surface area contributed by atoms with Crippen LogP contribution < -0.4 is 0 Å². The SMILES string of the molecule is CC1CN(C(=O)c2cccc(S(C)(=O)=O)c2)CC(C)N1CCCN(C)C. The highest BCUT2D eigenvalue weighted by Crippen LogP contribution is 2.20. The van der Waals surface area contributed by atoms with E-state index in [1.54, 1.807) is 12.1 Å². The first-order valence-electron chi connectivity index (χ1n) is 9.09. The molecule has 6 nitrogen and oxygen atoms in total. The summed E-state index contributed by atoms with van der Waals surface area (Å²) >= 11 is 0. The van der Waals surface area contributed by atoms with Crippen molar-refractivity contribution in [1.82, 2.24) is 14.7 Å². The summed E-state index contributed by atoms with van der Waals surface area (Å²) in [5.41, 5.74) is 0.438. The molecule has 2 unspecified atom stereocenters. The Bertz CT molecular complexity index is 721. The maximum Gasteiger partial charge on any atom is 0.254 e. The van der Waals surface area contributed by atoms with Gasteiger partial charge in [0, 0.05) is 43.5 Å². The highest BCUT2D eigenvalue weighted by atomic mass is 32.2. The Labute approximate surface area is 157 Å². The number of hydrogen-bond acceptors (Lipinski definition) is 5. The van der Waals surface area contributed by atoms with Gasteiger partial charge in [0.1, 0.15) is 0 Å². The molecule has 26 heavy (non-hydrogen) atoms. The lowest BCUT2D eigenvalue weighted by atomic mass is 10.1. The molecular weight excluding hydrogens is 350 g/mol. The topological polar surface area (TPSA) is 60.9 Å². The van der Waals surface area contributed by atoms with Crippen molar-refractivity contribution in [1.29, 1.82) is 0 Å². The van der Waals surface area contributed by atoms with Gasteiger partial charge < -0.3 is 9.80 Å². The maximum atomic E-state index is 12.9. The smallest absolute Gasteiger partial charge is 0.254 e. The number of nitrogens with zero attached hydrogens (tertiary/aromatic N) is 3. The van der Waals surface area contributed by atoms with Crippen LogP contribution in [0.1, 0.15) is 30.6 Å². The van der Waals surface area contributed by atoms with Crippen molar-refractivity contribution in [3.63, 3.8) is 0 Å². The lowest BCUT2D eigenvalue weighted by Gasteiger charge is -2.44. The van der Waals surface area contributed by atoms with Gasteiger partial charge in [0.15, 0.2) is 9.84 Å². The summed E-state index contributed by atoms with van der Waals surface area (Å²) in [5.74, 6) is -0.0952. The third kappa shape index (κ3) is 5.28. The number of piperazine rings is 1. The van der Waals surface area contributed by atoms with Crippen LogP contribution in [0.4, 0.5) is 0 Å². The zero-order chi connectivity index (χ0) is 19.5. The lowest BCUT2D eigenvalue weighted by Crippen LogP contribution is -2.58. The van der Waals surface area contributed by atoms with E-state index in [2.05, 4.69) is 37.7 Å². The van der Waals surface area contributed by atoms with E-state index in [1.807, 2.05) is 4.90 Å². The van der Waals surface area contributed by atoms with Crippen molar-refractivity contribution in [2.45, 2.75) is 37.2 Å². The molecule has 1 aliphatic rings. The standard InChI is InChI=1S/C19H31N3O3S/c1-15-13-21(14-16(2)22(15)11-7-10-20(3)4)19(23)17-8-6-9-18(12-17)26(5,24)25/h6,8-9,12,15-16H,7,10-11,13-14H2,1-5H3. The molecule has 2 rings (SSSR count). The zero-order valence-corrected chi connectivity index (χ0v) is 17.3. The average Bonchev–Trinajstić information content (AvgIpc) is 2.55. The van der Waals surface area contributed by atoms with Gasteiger partial charge in [0.25, 0.3) is 5.91 Å². The molecule has 0 bridgehead atoms. The molecule has 0 radical (unpaired) electrons. The molecule has 0 spiro atoms. The van der Waals surface area contributed by atoms with Gasteiger partial charge in [-0.2, -0.15) is 0 Å². The van der Waals surface area contributed by atoms with Gasteiger partial charge in [-0.1, -0.05) is 6.07 Å². The highest BCUT2D eigenvalue weighted by molar-refractivity contribution is 7.90. The van der Waals surface area contributed by atoms with Gasteiger partial charge in [-0.15, -0.1) is 0 Å². The first-order chi connectivity index (χ1) is 12.1. The molecule has 1 saturated heterocycles. The van der Waals surface area contributed by atoms with E-state index in [9.17, 15) is 13.2 Å². The second-order valence-corrected chi connectivity index (χ2v) is 9.62. The molecule has 0 aromatic heterocycles. The summed E-state index contributed by atoms with van der Waals surface area (Å²) < 4.78 is 23.5. The first kappa shape index (κ1) is 20.9. The van der Waals surface area contributed by atoms with Gasteiger partial charge in [-0.25, -0.2) is 8.42 Å². The second-order valence-electron chi connectivity index (χ2n) is 7.60. The van der Waals surface area contributed by atoms with Crippen LogP contribution in [0.15, 0.2) is 29.2 Å². The fourth-order valence-corrected chi connectivity index (χ4v) is 4.24. The Morgan fingerprint density at radius 1 is 1.19 bits per heavy atom. The molecule has 1 aromatic rings. The summed E-state index contributed by atoms with van der Waals surface area (Å²) in [5, 5.41) is 0. The van der Waals surface area contributed by atoms with E-state index in [1.165, 1.54) is 12.1 Å². The zero-order valence-electron chi connectivity index (χ0n) is 16.5. The van der Waals surface area contributed by atoms with Crippen LogP contribution in [0.25, 0.3) is 0 Å². The molecule has 7 heteroatoms. The van der Waals surface area contributed by atoms with Gasteiger partial charge in [-0.05, 0) is 59.1 Å². The third-order valence-corrected chi connectivity index (χ3v) is 6.03. The number of hydrogen-bond donors (Lipinski definition) is 0. The molecule has 1 aromatic carbocycles. The molecule has 1 amide bonds. The summed E-state index contributed by atoms with van der Waals surface area (Å²) in [6.07, 6.45) is 2.26. The summed E-state index contributed by atoms with van der Waals surface area (Å²) in [4.78, 5) is 19.6. The van der Waals surface area contributed by atoms with Crippen molar-refractivity contribution < 1.29 is 13.2 Å². The summed E-state index contributed by atoms with van der Waals surface area (Å²) in [7, 11) is 0.835. The number of benzene rings is 1. The van der Waals surface area contributed by atoms with Crippen LogP contribution in [0, 0.1) is 0 Å². The molecular formula is C19H31N3O3S. The Morgan fingerprint density at radius 3 is 2.35 bits per heavy atom. The highest BCUT2D eigenvalue weighted by Gasteiger charge is 2.32. The largest absolute Gasteiger partial charge is 0.336 e. The van der Waals surface area contributed by atoms with Crippen molar-refractivity contribution in [2.24, 2.45) is 0 Å². The molecule has 1 fully saturated rings. The number of amides is 1. The van der Waals surface area contributed by atoms with E-state index >= 15 is 0 Å². The molecule has 0 aliphatic carbocycles. The van der Waals surface area contributed by atoms with Crippen LogP contribution in [0.5, 0.6) is 0 Å². The number of carbonyl (C=O) groups is 1. The fraction of sp³-hybridized carbons (Fsp3) is 0.632. The average molecular weight is 382 g/mol. The molecule has 2 atom stereocenters. The molecule has 1 aliphatic heterocycles. The molecule has 146 valence electrons. The third-order valence-electron chi connectivity index (χ3n) is 4.92. The van der Waals surface area contributed by atoms with Crippen molar-refractivity contribution in [3.05, 3.63) is 29.8 Å². The first-order valence-corrected chi connectivity index (χ1v) is 11.0. The molecule has 0 saturated carbocycles. The maximum absolute atomic E-state index is 12.9. The van der Waals surface area contributed by atoms with Crippen LogP contribution in [-0.2, 0) is 9.84 Å².